The van der Waals surface area contributed by atoms with Crippen LogP contribution in [0.2, 0.25) is 0 Å². The summed E-state index contributed by atoms with van der Waals surface area (Å²) in [4.78, 5) is 13.0. The van der Waals surface area contributed by atoms with Gasteiger partial charge in [-0.05, 0) is 24.3 Å². The maximum absolute atomic E-state index is 12.1. The fourth-order valence-corrected chi connectivity index (χ4v) is 2.45. The summed E-state index contributed by atoms with van der Waals surface area (Å²) in [5, 5.41) is 8.25. The summed E-state index contributed by atoms with van der Waals surface area (Å²) in [6.07, 6.45) is 0. The van der Waals surface area contributed by atoms with Crippen LogP contribution in [0.4, 0.5) is 8.78 Å². The summed E-state index contributed by atoms with van der Waals surface area (Å²) in [5.74, 6) is 6.41. The van der Waals surface area contributed by atoms with E-state index >= 15 is 0 Å². The molecule has 23 heavy (non-hydrogen) atoms. The number of thioether (sulfide) groups is 1. The number of alkyl halides is 2. The Labute approximate surface area is 135 Å². The predicted molar refractivity (Wildman–Crippen MR) is 81.7 cm³/mol. The molecule has 0 fully saturated rings. The summed E-state index contributed by atoms with van der Waals surface area (Å²) >= 11 is 1.16. The lowest BCUT2D eigenvalue weighted by molar-refractivity contribution is -0.125. The highest BCUT2D eigenvalue weighted by molar-refractivity contribution is 7.99. The molecule has 7 nitrogen and oxygen atoms in total. The van der Waals surface area contributed by atoms with Crippen LogP contribution in [0, 0.1) is 0 Å². The van der Waals surface area contributed by atoms with Gasteiger partial charge in [-0.1, -0.05) is 11.8 Å². The van der Waals surface area contributed by atoms with E-state index in [1.54, 1.807) is 26.2 Å². The highest BCUT2D eigenvalue weighted by Gasteiger charge is 2.14. The van der Waals surface area contributed by atoms with Crippen LogP contribution in [-0.4, -0.2) is 52.1 Å². The van der Waals surface area contributed by atoms with Gasteiger partial charge in [0.15, 0.2) is 5.82 Å². The molecule has 1 heterocycles. The average Bonchev–Trinajstić information content (AvgIpc) is 2.86. The normalized spacial score (nSPS) is 10.8. The maximum Gasteiger partial charge on any atom is 0.387 e. The topological polar surface area (TPSA) is 86.3 Å². The number of halogens is 2. The van der Waals surface area contributed by atoms with Crippen molar-refractivity contribution < 1.29 is 18.3 Å². The Hall–Kier alpha value is -2.36. The third kappa shape index (κ3) is 4.31. The molecular weight excluding hydrogens is 328 g/mol. The van der Waals surface area contributed by atoms with Gasteiger partial charge in [-0.15, -0.1) is 10.2 Å². The number of hydrogen-bond acceptors (Lipinski definition) is 6. The molecule has 0 spiro atoms. The van der Waals surface area contributed by atoms with Crippen molar-refractivity contribution in [1.82, 2.24) is 19.8 Å². The number of carbonyl (C=O) groups is 1. The van der Waals surface area contributed by atoms with E-state index in [4.69, 9.17) is 5.84 Å². The van der Waals surface area contributed by atoms with E-state index in [9.17, 15) is 13.6 Å². The van der Waals surface area contributed by atoms with Gasteiger partial charge in [0.25, 0.3) is 0 Å². The number of benzene rings is 1. The SMILES string of the molecule is CN(C)C(=O)CSc1nnc(-c2ccc(OC(F)F)cc2)n1N. The van der Waals surface area contributed by atoms with Gasteiger partial charge in [0, 0.05) is 19.7 Å². The molecule has 2 aromatic rings. The molecule has 2 N–H and O–H groups in total. The lowest BCUT2D eigenvalue weighted by Gasteiger charge is -2.09. The van der Waals surface area contributed by atoms with Crippen molar-refractivity contribution in [3.63, 3.8) is 0 Å². The molecule has 1 aromatic carbocycles. The van der Waals surface area contributed by atoms with Gasteiger partial charge < -0.3 is 15.5 Å². The molecule has 1 aromatic heterocycles. The zero-order valence-electron chi connectivity index (χ0n) is 12.4. The summed E-state index contributed by atoms with van der Waals surface area (Å²) in [6.45, 7) is -2.88. The fraction of sp³-hybridized carbons (Fsp3) is 0.308. The van der Waals surface area contributed by atoms with Crippen LogP contribution < -0.4 is 10.6 Å². The molecule has 0 atom stereocenters. The minimum atomic E-state index is -2.88. The van der Waals surface area contributed by atoms with Gasteiger partial charge in [0.1, 0.15) is 5.75 Å². The number of rotatable bonds is 6. The molecule has 0 unspecified atom stereocenters. The number of aromatic nitrogens is 3. The van der Waals surface area contributed by atoms with Gasteiger partial charge >= 0.3 is 6.61 Å². The number of hydrogen-bond donors (Lipinski definition) is 1. The van der Waals surface area contributed by atoms with Crippen molar-refractivity contribution in [3.8, 4) is 17.1 Å². The van der Waals surface area contributed by atoms with Gasteiger partial charge in [0.2, 0.25) is 11.1 Å². The van der Waals surface area contributed by atoms with E-state index in [0.29, 0.717) is 16.5 Å². The first kappa shape index (κ1) is 17.0. The Morgan fingerprint density at radius 1 is 1.35 bits per heavy atom. The molecule has 10 heteroatoms. The molecule has 0 aliphatic rings. The lowest BCUT2D eigenvalue weighted by Crippen LogP contribution is -2.24. The zero-order chi connectivity index (χ0) is 17.0. The maximum atomic E-state index is 12.1. The highest BCUT2D eigenvalue weighted by atomic mass is 32.2. The second kappa shape index (κ2) is 7.27. The monoisotopic (exact) mass is 343 g/mol. The van der Waals surface area contributed by atoms with Gasteiger partial charge in [-0.25, -0.2) is 4.68 Å². The summed E-state index contributed by atoms with van der Waals surface area (Å²) in [6, 6.07) is 5.87. The smallest absolute Gasteiger partial charge is 0.387 e. The predicted octanol–water partition coefficient (Wildman–Crippen LogP) is 1.44. The van der Waals surface area contributed by atoms with Gasteiger partial charge in [-0.3, -0.25) is 4.79 Å². The van der Waals surface area contributed by atoms with E-state index in [1.165, 1.54) is 21.7 Å². The molecule has 0 aliphatic heterocycles. The third-order valence-corrected chi connectivity index (χ3v) is 3.75. The second-order valence-corrected chi connectivity index (χ2v) is 5.60. The highest BCUT2D eigenvalue weighted by Crippen LogP contribution is 2.24. The lowest BCUT2D eigenvalue weighted by atomic mass is 10.2. The molecule has 0 saturated heterocycles. The van der Waals surface area contributed by atoms with Gasteiger partial charge in [-0.2, -0.15) is 8.78 Å². The third-order valence-electron chi connectivity index (χ3n) is 2.83. The number of carbonyl (C=O) groups excluding carboxylic acids is 1. The number of amides is 1. The van der Waals surface area contributed by atoms with Crippen LogP contribution in [0.3, 0.4) is 0 Å². The van der Waals surface area contributed by atoms with Crippen LogP contribution in [0.15, 0.2) is 29.4 Å². The molecular formula is C13H15F2N5O2S. The van der Waals surface area contributed by atoms with Crippen LogP contribution in [0.1, 0.15) is 0 Å². The molecule has 1 amide bonds. The van der Waals surface area contributed by atoms with Crippen molar-refractivity contribution in [2.75, 3.05) is 25.7 Å². The first-order chi connectivity index (χ1) is 10.9. The Morgan fingerprint density at radius 3 is 2.57 bits per heavy atom. The van der Waals surface area contributed by atoms with Crippen molar-refractivity contribution >= 4 is 17.7 Å². The minimum absolute atomic E-state index is 0.0398. The van der Waals surface area contributed by atoms with Crippen molar-refractivity contribution in [3.05, 3.63) is 24.3 Å². The Morgan fingerprint density at radius 2 is 2.00 bits per heavy atom. The van der Waals surface area contributed by atoms with E-state index in [-0.39, 0.29) is 17.4 Å². The second-order valence-electron chi connectivity index (χ2n) is 4.66. The first-order valence-corrected chi connectivity index (χ1v) is 7.45. The number of nitrogens with zero attached hydrogens (tertiary/aromatic N) is 4. The Kier molecular flexibility index (Phi) is 5.37. The van der Waals surface area contributed by atoms with Crippen LogP contribution in [0.5, 0.6) is 5.75 Å². The number of nitrogens with two attached hydrogens (primary N) is 1. The summed E-state index contributed by atoms with van der Waals surface area (Å²) in [7, 11) is 3.31. The Balaban J connectivity index is 2.10. The molecule has 0 bridgehead atoms. The quantitative estimate of drug-likeness (QED) is 0.631. The average molecular weight is 343 g/mol. The molecule has 2 rings (SSSR count). The largest absolute Gasteiger partial charge is 0.435 e. The molecule has 124 valence electrons. The van der Waals surface area contributed by atoms with Crippen LogP contribution in [0.25, 0.3) is 11.4 Å². The van der Waals surface area contributed by atoms with E-state index < -0.39 is 6.61 Å². The van der Waals surface area contributed by atoms with E-state index in [2.05, 4.69) is 14.9 Å². The fourth-order valence-electron chi connectivity index (χ4n) is 1.61. The van der Waals surface area contributed by atoms with E-state index in [0.717, 1.165) is 11.8 Å². The van der Waals surface area contributed by atoms with Crippen molar-refractivity contribution in [1.29, 1.82) is 0 Å². The minimum Gasteiger partial charge on any atom is -0.435 e. The molecule has 0 aliphatic carbocycles. The molecule has 0 saturated carbocycles. The number of ether oxygens (including phenoxy) is 1. The van der Waals surface area contributed by atoms with Crippen LogP contribution in [-0.2, 0) is 4.79 Å². The first-order valence-electron chi connectivity index (χ1n) is 6.47. The van der Waals surface area contributed by atoms with E-state index in [1.807, 2.05) is 0 Å². The Bertz CT molecular complexity index is 676. The zero-order valence-corrected chi connectivity index (χ0v) is 13.3. The summed E-state index contributed by atoms with van der Waals surface area (Å²) in [5.41, 5.74) is 0.590. The number of nitrogen functional groups attached to an aromatic ring is 1. The van der Waals surface area contributed by atoms with Crippen molar-refractivity contribution in [2.45, 2.75) is 11.8 Å². The standard InChI is InChI=1S/C13H15F2N5O2S/c1-19(2)10(21)7-23-13-18-17-11(20(13)16)8-3-5-9(6-4-8)22-12(14)15/h3-6,12H,7,16H2,1-2H3. The summed E-state index contributed by atoms with van der Waals surface area (Å²) < 4.78 is 29.8. The van der Waals surface area contributed by atoms with Crippen LogP contribution >= 0.6 is 11.8 Å². The van der Waals surface area contributed by atoms with Gasteiger partial charge in [0.05, 0.1) is 5.75 Å². The molecule has 0 radical (unpaired) electrons. The van der Waals surface area contributed by atoms with Crippen molar-refractivity contribution in [2.24, 2.45) is 0 Å².